The largest absolute Gasteiger partial charge is 0.354 e. The maximum absolute atomic E-state index is 11.3. The smallest absolute Gasteiger partial charge is 0.247 e. The van der Waals surface area contributed by atoms with Crippen molar-refractivity contribution in [2.24, 2.45) is 0 Å². The molecule has 0 bridgehead atoms. The first-order valence-electron chi connectivity index (χ1n) is 8.28. The number of piperazine rings is 1. The number of aryl methyl sites for hydroxylation is 1. The van der Waals surface area contributed by atoms with Gasteiger partial charge in [-0.25, -0.2) is 9.29 Å². The van der Waals surface area contributed by atoms with Crippen molar-refractivity contribution >= 4 is 29.4 Å². The minimum atomic E-state index is -0.193. The fraction of sp³-hybridized carbons (Fsp3) is 0.263. The predicted molar refractivity (Wildman–Crippen MR) is 104 cm³/mol. The molecule has 1 aliphatic rings. The third-order valence-corrected chi connectivity index (χ3v) is 5.11. The van der Waals surface area contributed by atoms with Crippen molar-refractivity contribution in [3.8, 4) is 0 Å². The van der Waals surface area contributed by atoms with Crippen molar-refractivity contribution in [2.75, 3.05) is 36.4 Å². The third kappa shape index (κ3) is 4.84. The molecule has 1 amide bonds. The van der Waals surface area contributed by atoms with Crippen LogP contribution in [0.5, 0.6) is 0 Å². The van der Waals surface area contributed by atoms with Crippen molar-refractivity contribution in [2.45, 2.75) is 11.8 Å². The van der Waals surface area contributed by atoms with Crippen LogP contribution in [0.1, 0.15) is 5.56 Å². The van der Waals surface area contributed by atoms with Gasteiger partial charge in [0, 0.05) is 43.0 Å². The van der Waals surface area contributed by atoms with Crippen LogP contribution in [-0.2, 0) is 4.79 Å². The van der Waals surface area contributed by atoms with E-state index in [-0.39, 0.29) is 5.91 Å². The highest BCUT2D eigenvalue weighted by atomic mass is 32.2. The molecule has 130 valence electrons. The Hall–Kier alpha value is -2.31. The number of benzene rings is 1. The fourth-order valence-corrected chi connectivity index (χ4v) is 3.54. The Kier molecular flexibility index (Phi) is 5.73. The van der Waals surface area contributed by atoms with Gasteiger partial charge in [-0.3, -0.25) is 4.79 Å². The number of carbonyl (C=O) groups is 1. The van der Waals surface area contributed by atoms with E-state index in [0.717, 1.165) is 37.7 Å². The Balaban J connectivity index is 1.52. The molecule has 5 nitrogen and oxygen atoms in total. The van der Waals surface area contributed by atoms with Gasteiger partial charge in [0.05, 0.1) is 0 Å². The quantitative estimate of drug-likeness (QED) is 0.659. The summed E-state index contributed by atoms with van der Waals surface area (Å²) in [5.41, 5.74) is 2.02. The van der Waals surface area contributed by atoms with Gasteiger partial charge in [0.15, 0.2) is 0 Å². The second-order valence-electron chi connectivity index (χ2n) is 5.92. The highest BCUT2D eigenvalue weighted by molar-refractivity contribution is 7.97. The molecule has 0 radical (unpaired) electrons. The van der Waals surface area contributed by atoms with Crippen LogP contribution in [0.25, 0.3) is 0 Å². The van der Waals surface area contributed by atoms with Gasteiger partial charge in [-0.15, -0.1) is 0 Å². The Morgan fingerprint density at radius 1 is 1.20 bits per heavy atom. The summed E-state index contributed by atoms with van der Waals surface area (Å²) < 4.78 is 2.36. The summed E-state index contributed by atoms with van der Waals surface area (Å²) >= 11 is 1.75. The van der Waals surface area contributed by atoms with Gasteiger partial charge < -0.3 is 10.2 Å². The van der Waals surface area contributed by atoms with Gasteiger partial charge >= 0.3 is 0 Å². The van der Waals surface area contributed by atoms with E-state index in [1.807, 2.05) is 36.5 Å². The Labute approximate surface area is 152 Å². The van der Waals surface area contributed by atoms with Gasteiger partial charge in [0.2, 0.25) is 5.91 Å². The van der Waals surface area contributed by atoms with Crippen molar-refractivity contribution in [3.05, 3.63) is 60.8 Å². The molecule has 1 fully saturated rings. The normalized spacial score (nSPS) is 15.0. The summed E-state index contributed by atoms with van der Waals surface area (Å²) in [6, 6.07) is 12.0. The highest BCUT2D eigenvalue weighted by Gasteiger charge is 2.18. The summed E-state index contributed by atoms with van der Waals surface area (Å²) in [6.07, 6.45) is 3.14. The molecule has 25 heavy (non-hydrogen) atoms. The van der Waals surface area contributed by atoms with Gasteiger partial charge in [-0.05, 0) is 66.9 Å². The summed E-state index contributed by atoms with van der Waals surface area (Å²) in [7, 11) is 0. The van der Waals surface area contributed by atoms with E-state index in [0.29, 0.717) is 0 Å². The van der Waals surface area contributed by atoms with Crippen molar-refractivity contribution < 1.29 is 4.79 Å². The van der Waals surface area contributed by atoms with Crippen molar-refractivity contribution in [1.82, 2.24) is 9.29 Å². The monoisotopic (exact) mass is 354 g/mol. The average molecular weight is 354 g/mol. The number of carbonyl (C=O) groups excluding carboxylic acids is 1. The molecule has 2 heterocycles. The molecule has 1 aromatic heterocycles. The second kappa shape index (κ2) is 8.18. The number of anilines is 2. The molecule has 2 aromatic rings. The van der Waals surface area contributed by atoms with Crippen LogP contribution >= 0.6 is 11.9 Å². The molecule has 0 saturated carbocycles. The zero-order valence-corrected chi connectivity index (χ0v) is 15.1. The third-order valence-electron chi connectivity index (χ3n) is 4.01. The standard InChI is InChI=1S/C19H22N4OS/c1-3-19(24)21-16-4-6-17(7-5-16)25-23-12-10-22(11-13-23)18-14-15(2)8-9-20-18/h3-9,14H,1,10-13H2,2H3,(H,21,24). The van der Waals surface area contributed by atoms with Gasteiger partial charge in [0.25, 0.3) is 0 Å². The lowest BCUT2D eigenvalue weighted by atomic mass is 10.2. The number of hydrogen-bond donors (Lipinski definition) is 1. The summed E-state index contributed by atoms with van der Waals surface area (Å²) in [5.74, 6) is 0.869. The van der Waals surface area contributed by atoms with E-state index < -0.39 is 0 Å². The number of hydrogen-bond acceptors (Lipinski definition) is 5. The van der Waals surface area contributed by atoms with E-state index >= 15 is 0 Å². The van der Waals surface area contributed by atoms with E-state index in [4.69, 9.17) is 0 Å². The molecule has 3 rings (SSSR count). The first kappa shape index (κ1) is 17.5. The topological polar surface area (TPSA) is 48.5 Å². The van der Waals surface area contributed by atoms with Crippen LogP contribution in [0.15, 0.2) is 60.1 Å². The van der Waals surface area contributed by atoms with Gasteiger partial charge in [-0.1, -0.05) is 6.58 Å². The Morgan fingerprint density at radius 2 is 1.92 bits per heavy atom. The number of nitrogens with one attached hydrogen (secondary N) is 1. The van der Waals surface area contributed by atoms with Gasteiger partial charge in [0.1, 0.15) is 5.82 Å². The van der Waals surface area contributed by atoms with Crippen molar-refractivity contribution in [3.63, 3.8) is 0 Å². The summed E-state index contributed by atoms with van der Waals surface area (Å²) in [6.45, 7) is 9.45. The van der Waals surface area contributed by atoms with Crippen LogP contribution in [0.3, 0.4) is 0 Å². The SMILES string of the molecule is C=CC(=O)Nc1ccc(SN2CCN(c3cc(C)ccn3)CC2)cc1. The molecule has 1 N–H and O–H groups in total. The maximum atomic E-state index is 11.3. The van der Waals surface area contributed by atoms with Crippen LogP contribution < -0.4 is 10.2 Å². The lowest BCUT2D eigenvalue weighted by Gasteiger charge is -2.34. The predicted octanol–water partition coefficient (Wildman–Crippen LogP) is 3.34. The molecule has 0 aliphatic carbocycles. The Bertz CT molecular complexity index is 739. The second-order valence-corrected chi connectivity index (χ2v) is 7.09. The molecule has 0 atom stereocenters. The van der Waals surface area contributed by atoms with E-state index in [2.05, 4.69) is 39.1 Å². The van der Waals surface area contributed by atoms with Crippen LogP contribution in [0, 0.1) is 6.92 Å². The molecule has 1 saturated heterocycles. The minimum absolute atomic E-state index is 0.193. The van der Waals surface area contributed by atoms with Crippen LogP contribution in [0.4, 0.5) is 11.5 Å². The maximum Gasteiger partial charge on any atom is 0.247 e. The summed E-state index contributed by atoms with van der Waals surface area (Å²) in [5, 5.41) is 2.76. The minimum Gasteiger partial charge on any atom is -0.354 e. The van der Waals surface area contributed by atoms with E-state index in [9.17, 15) is 4.79 Å². The van der Waals surface area contributed by atoms with Crippen LogP contribution in [0.2, 0.25) is 0 Å². The molecular formula is C19H22N4OS. The number of rotatable bonds is 5. The first-order chi connectivity index (χ1) is 12.1. The average Bonchev–Trinajstić information content (AvgIpc) is 2.64. The molecule has 0 spiro atoms. The molecular weight excluding hydrogens is 332 g/mol. The molecule has 6 heteroatoms. The zero-order chi connectivity index (χ0) is 17.6. The zero-order valence-electron chi connectivity index (χ0n) is 14.3. The first-order valence-corrected chi connectivity index (χ1v) is 9.05. The lowest BCUT2D eigenvalue weighted by molar-refractivity contribution is -0.111. The number of pyridine rings is 1. The molecule has 1 aromatic carbocycles. The number of aromatic nitrogens is 1. The number of amides is 1. The Morgan fingerprint density at radius 3 is 2.56 bits per heavy atom. The number of nitrogens with zero attached hydrogens (tertiary/aromatic N) is 3. The fourth-order valence-electron chi connectivity index (χ4n) is 2.64. The van der Waals surface area contributed by atoms with E-state index in [1.54, 1.807) is 11.9 Å². The van der Waals surface area contributed by atoms with Crippen LogP contribution in [-0.4, -0.2) is 41.4 Å². The van der Waals surface area contributed by atoms with Gasteiger partial charge in [-0.2, -0.15) is 0 Å². The highest BCUT2D eigenvalue weighted by Crippen LogP contribution is 2.26. The molecule has 0 unspecified atom stereocenters. The van der Waals surface area contributed by atoms with Crippen molar-refractivity contribution in [1.29, 1.82) is 0 Å². The lowest BCUT2D eigenvalue weighted by Crippen LogP contribution is -2.43. The van der Waals surface area contributed by atoms with E-state index in [1.165, 1.54) is 16.5 Å². The molecule has 1 aliphatic heterocycles. The summed E-state index contributed by atoms with van der Waals surface area (Å²) in [4.78, 5) is 19.3.